The zero-order chi connectivity index (χ0) is 22.8. The Morgan fingerprint density at radius 2 is 1.71 bits per heavy atom. The molecule has 0 aliphatic carbocycles. The van der Waals surface area contributed by atoms with Gasteiger partial charge in [-0.05, 0) is 32.0 Å². The second-order valence-corrected chi connectivity index (χ2v) is 6.84. The maximum Gasteiger partial charge on any atom is 0.537 e. The summed E-state index contributed by atoms with van der Waals surface area (Å²) in [4.78, 5) is 44.2. The van der Waals surface area contributed by atoms with Gasteiger partial charge in [-0.15, -0.1) is 0 Å². The fraction of sp³-hybridized carbons (Fsp3) is 0.238. The maximum atomic E-state index is 13.6. The van der Waals surface area contributed by atoms with Gasteiger partial charge >= 0.3 is 12.2 Å². The number of imide groups is 1. The Morgan fingerprint density at radius 3 is 2.29 bits per heavy atom. The summed E-state index contributed by atoms with van der Waals surface area (Å²) in [6.45, 7) is 3.05. The molecule has 0 radical (unpaired) electrons. The van der Waals surface area contributed by atoms with Gasteiger partial charge in [0.2, 0.25) is 5.70 Å². The minimum absolute atomic E-state index is 0.0487. The Hall–Kier alpha value is -3.43. The standard InChI is InChI=1S/C21H20ClN3O6/c1-4-30-20(27)25(21(28)31-5-2)16-10-12(22)6-7-14(16)17(23)18(25)19(26)15-11-13(29-3)8-9-24-15/h6-11H,4-5H2,1-3H3,(H-,23,26)/p+1. The number of aromatic nitrogens is 1. The molecule has 3 rings (SSSR count). The number of allylic oxidation sites excluding steroid dienone is 1. The van der Waals surface area contributed by atoms with Crippen molar-refractivity contribution >= 4 is 41.0 Å². The lowest BCUT2D eigenvalue weighted by Gasteiger charge is -2.27. The molecule has 1 aromatic carbocycles. The van der Waals surface area contributed by atoms with Crippen molar-refractivity contribution in [3.8, 4) is 5.75 Å². The van der Waals surface area contributed by atoms with Crippen molar-refractivity contribution in [1.29, 1.82) is 0 Å². The van der Waals surface area contributed by atoms with Gasteiger partial charge in [-0.25, -0.2) is 0 Å². The van der Waals surface area contributed by atoms with Gasteiger partial charge in [0.15, 0.2) is 5.69 Å². The quantitative estimate of drug-likeness (QED) is 0.542. The minimum atomic E-state index is -1.32. The van der Waals surface area contributed by atoms with Gasteiger partial charge in [-0.3, -0.25) is 9.78 Å². The Labute approximate surface area is 183 Å². The number of Topliss-reactive ketones (excluding diaryl/α,β-unsaturated/α-hetero) is 1. The predicted octanol–water partition coefficient (Wildman–Crippen LogP) is 3.89. The topological polar surface area (TPSA) is 118 Å². The number of amides is 2. The van der Waals surface area contributed by atoms with E-state index in [1.54, 1.807) is 19.9 Å². The van der Waals surface area contributed by atoms with E-state index in [0.29, 0.717) is 5.75 Å². The van der Waals surface area contributed by atoms with E-state index in [0.717, 1.165) is 0 Å². The highest BCUT2D eigenvalue weighted by atomic mass is 35.5. The van der Waals surface area contributed by atoms with Crippen LogP contribution in [0.2, 0.25) is 5.02 Å². The third-order valence-corrected chi connectivity index (χ3v) is 4.94. The van der Waals surface area contributed by atoms with Gasteiger partial charge in [0.05, 0.1) is 25.9 Å². The molecular weight excluding hydrogens is 426 g/mol. The summed E-state index contributed by atoms with van der Waals surface area (Å²) in [6.07, 6.45) is -0.724. The van der Waals surface area contributed by atoms with Crippen molar-refractivity contribution in [2.45, 2.75) is 13.8 Å². The van der Waals surface area contributed by atoms with Gasteiger partial charge < -0.3 is 19.9 Å². The molecule has 0 saturated heterocycles. The number of methoxy groups -OCH3 is 1. The highest BCUT2D eigenvalue weighted by molar-refractivity contribution is 6.32. The summed E-state index contributed by atoms with van der Waals surface area (Å²) in [6, 6.07) is 7.38. The number of hydrogen-bond donors (Lipinski definition) is 1. The number of pyridine rings is 1. The first-order valence-corrected chi connectivity index (χ1v) is 9.79. The van der Waals surface area contributed by atoms with Crippen LogP contribution in [0.15, 0.2) is 42.2 Å². The zero-order valence-electron chi connectivity index (χ0n) is 17.2. The Bertz CT molecular complexity index is 1080. The van der Waals surface area contributed by atoms with Crippen LogP contribution in [0.4, 0.5) is 15.3 Å². The number of benzene rings is 1. The molecular formula is C21H21ClN3O6+. The molecule has 1 aliphatic rings. The highest BCUT2D eigenvalue weighted by Crippen LogP contribution is 2.47. The molecule has 1 aliphatic heterocycles. The summed E-state index contributed by atoms with van der Waals surface area (Å²) in [5.41, 5.74) is 6.16. The average Bonchev–Trinajstić information content (AvgIpc) is 3.02. The lowest BCUT2D eigenvalue weighted by atomic mass is 10.1. The van der Waals surface area contributed by atoms with Gasteiger partial charge in [-0.1, -0.05) is 16.1 Å². The number of halogens is 1. The molecule has 9 nitrogen and oxygen atoms in total. The van der Waals surface area contributed by atoms with Crippen LogP contribution < -0.4 is 15.0 Å². The largest absolute Gasteiger partial charge is 0.537 e. The monoisotopic (exact) mass is 446 g/mol. The first-order chi connectivity index (χ1) is 14.8. The lowest BCUT2D eigenvalue weighted by Crippen LogP contribution is -2.58. The maximum absolute atomic E-state index is 13.6. The molecule has 0 saturated carbocycles. The van der Waals surface area contributed by atoms with Crippen LogP contribution in [-0.2, 0) is 9.47 Å². The summed E-state index contributed by atoms with van der Waals surface area (Å²) < 4.78 is 14.2. The third kappa shape index (κ3) is 3.51. The Kier molecular flexibility index (Phi) is 6.28. The number of ether oxygens (including phenoxy) is 3. The first kappa shape index (κ1) is 22.3. The second-order valence-electron chi connectivity index (χ2n) is 6.40. The number of ketones is 1. The smallest absolute Gasteiger partial charge is 0.497 e. The van der Waals surface area contributed by atoms with Gasteiger partial charge in [0.1, 0.15) is 17.1 Å². The zero-order valence-corrected chi connectivity index (χ0v) is 17.9. The summed E-state index contributed by atoms with van der Waals surface area (Å²) in [5.74, 6) is -0.397. The molecule has 162 valence electrons. The number of quaternary nitrogens is 1. The molecule has 2 heterocycles. The predicted molar refractivity (Wildman–Crippen MR) is 114 cm³/mol. The van der Waals surface area contributed by atoms with E-state index >= 15 is 0 Å². The molecule has 10 heteroatoms. The molecule has 0 unspecified atom stereocenters. The summed E-state index contributed by atoms with van der Waals surface area (Å²) >= 11 is 6.16. The first-order valence-electron chi connectivity index (χ1n) is 9.42. The third-order valence-electron chi connectivity index (χ3n) is 4.70. The minimum Gasteiger partial charge on any atom is -0.497 e. The van der Waals surface area contributed by atoms with Crippen molar-refractivity contribution in [2.24, 2.45) is 5.73 Å². The highest BCUT2D eigenvalue weighted by Gasteiger charge is 2.63. The van der Waals surface area contributed by atoms with Crippen LogP contribution in [0.25, 0.3) is 5.70 Å². The van der Waals surface area contributed by atoms with Crippen molar-refractivity contribution in [3.05, 3.63) is 58.5 Å². The molecule has 31 heavy (non-hydrogen) atoms. The average molecular weight is 447 g/mol. The Morgan fingerprint density at radius 1 is 1.06 bits per heavy atom. The van der Waals surface area contributed by atoms with Gasteiger partial charge in [0.25, 0.3) is 5.78 Å². The number of carbonyl (C=O) groups excluding carboxylic acids is 3. The lowest BCUT2D eigenvalue weighted by molar-refractivity contribution is 0.0835. The van der Waals surface area contributed by atoms with Gasteiger partial charge in [0, 0.05) is 23.4 Å². The molecule has 2 amide bonds. The normalized spacial score (nSPS) is 14.1. The number of fused-ring (bicyclic) bond motifs is 1. The number of rotatable bonds is 5. The summed E-state index contributed by atoms with van der Waals surface area (Å²) in [5, 5.41) is 0.232. The van der Waals surface area contributed by atoms with E-state index in [1.807, 2.05) is 0 Å². The van der Waals surface area contributed by atoms with Crippen LogP contribution >= 0.6 is 11.6 Å². The fourth-order valence-electron chi connectivity index (χ4n) is 3.39. The van der Waals surface area contributed by atoms with E-state index in [2.05, 4.69) is 4.98 Å². The van der Waals surface area contributed by atoms with Gasteiger partial charge in [-0.2, -0.15) is 9.59 Å². The summed E-state index contributed by atoms with van der Waals surface area (Å²) in [7, 11) is 1.43. The second kappa shape index (κ2) is 8.75. The van der Waals surface area contributed by atoms with Crippen molar-refractivity contribution in [1.82, 2.24) is 9.47 Å². The van der Waals surface area contributed by atoms with E-state index in [9.17, 15) is 14.4 Å². The fourth-order valence-corrected chi connectivity index (χ4v) is 3.56. The van der Waals surface area contributed by atoms with E-state index in [-0.39, 0.29) is 46.6 Å². The number of nitrogens with two attached hydrogens (primary N) is 1. The molecule has 0 spiro atoms. The molecule has 0 fully saturated rings. The van der Waals surface area contributed by atoms with Crippen LogP contribution in [0.5, 0.6) is 5.75 Å². The molecule has 2 N–H and O–H groups in total. The number of nitrogens with zero attached hydrogens (tertiary/aromatic N) is 2. The van der Waals surface area contributed by atoms with E-state index in [4.69, 9.17) is 31.5 Å². The number of hydrogen-bond acceptors (Lipinski definition) is 8. The van der Waals surface area contributed by atoms with Crippen LogP contribution in [0.3, 0.4) is 0 Å². The van der Waals surface area contributed by atoms with Crippen LogP contribution in [0, 0.1) is 0 Å². The van der Waals surface area contributed by atoms with Crippen molar-refractivity contribution < 1.29 is 28.6 Å². The molecule has 2 aromatic rings. The molecule has 0 atom stereocenters. The molecule has 1 aromatic heterocycles. The molecule has 0 bridgehead atoms. The van der Waals surface area contributed by atoms with Crippen LogP contribution in [0.1, 0.15) is 29.9 Å². The van der Waals surface area contributed by atoms with Crippen molar-refractivity contribution in [3.63, 3.8) is 0 Å². The Balaban J connectivity index is 2.35. The van der Waals surface area contributed by atoms with E-state index in [1.165, 1.54) is 37.6 Å². The SMILES string of the molecule is CCOC(=O)[N+]1(C(=O)OCC)C(C(=O)c2cc(OC)ccn2)=C(N)c2ccc(Cl)cc21. The van der Waals surface area contributed by atoms with Crippen molar-refractivity contribution in [2.75, 3.05) is 20.3 Å². The van der Waals surface area contributed by atoms with E-state index < -0.39 is 22.5 Å². The van der Waals surface area contributed by atoms with Crippen LogP contribution in [-0.4, -0.2) is 43.3 Å². The number of carbonyl (C=O) groups is 3.